The van der Waals surface area contributed by atoms with Crippen LogP contribution in [0.15, 0.2) is 18.2 Å². The van der Waals surface area contributed by atoms with Crippen LogP contribution in [0.3, 0.4) is 0 Å². The number of rotatable bonds is 4. The number of hydrogen-bond acceptors (Lipinski definition) is 3. The highest BCUT2D eigenvalue weighted by atomic mass is 16.5. The van der Waals surface area contributed by atoms with Crippen molar-refractivity contribution in [1.29, 1.82) is 0 Å². The summed E-state index contributed by atoms with van der Waals surface area (Å²) in [6.07, 6.45) is 3.82. The molecule has 0 bridgehead atoms. The zero-order valence-corrected chi connectivity index (χ0v) is 13.1. The van der Waals surface area contributed by atoms with Crippen LogP contribution in [-0.2, 0) is 0 Å². The summed E-state index contributed by atoms with van der Waals surface area (Å²) in [7, 11) is 1.73. The van der Waals surface area contributed by atoms with Crippen LogP contribution in [0.4, 0.5) is 0 Å². The second kappa shape index (κ2) is 7.09. The van der Waals surface area contributed by atoms with E-state index in [4.69, 9.17) is 10.5 Å². The van der Waals surface area contributed by atoms with Crippen molar-refractivity contribution in [2.24, 2.45) is 11.7 Å². The van der Waals surface area contributed by atoms with E-state index in [0.717, 1.165) is 18.8 Å². The summed E-state index contributed by atoms with van der Waals surface area (Å²) in [5.41, 5.74) is 8.66. The molecule has 1 saturated heterocycles. The zero-order chi connectivity index (χ0) is 14.5. The normalized spacial score (nSPS) is 24.4. The van der Waals surface area contributed by atoms with Crippen LogP contribution in [0.5, 0.6) is 5.75 Å². The third kappa shape index (κ3) is 3.15. The van der Waals surface area contributed by atoms with Gasteiger partial charge in [-0.1, -0.05) is 25.5 Å². The third-order valence-corrected chi connectivity index (χ3v) is 4.58. The van der Waals surface area contributed by atoms with Crippen LogP contribution < -0.4 is 10.5 Å². The van der Waals surface area contributed by atoms with E-state index >= 15 is 0 Å². The molecule has 3 heteroatoms. The van der Waals surface area contributed by atoms with Crippen molar-refractivity contribution in [3.05, 3.63) is 29.3 Å². The first-order valence-electron chi connectivity index (χ1n) is 7.79. The highest BCUT2D eigenvalue weighted by molar-refractivity contribution is 5.37. The summed E-state index contributed by atoms with van der Waals surface area (Å²) in [5, 5.41) is 0. The van der Waals surface area contributed by atoms with Crippen molar-refractivity contribution in [1.82, 2.24) is 4.90 Å². The first-order chi connectivity index (χ1) is 9.71. The van der Waals surface area contributed by atoms with E-state index in [-0.39, 0.29) is 0 Å². The van der Waals surface area contributed by atoms with E-state index in [0.29, 0.717) is 12.0 Å². The molecule has 3 nitrogen and oxygen atoms in total. The number of hydrogen-bond donors (Lipinski definition) is 1. The molecule has 0 amide bonds. The predicted molar refractivity (Wildman–Crippen MR) is 84.1 cm³/mol. The van der Waals surface area contributed by atoms with Crippen molar-refractivity contribution in [2.75, 3.05) is 26.7 Å². The summed E-state index contributed by atoms with van der Waals surface area (Å²) in [6.45, 7) is 7.41. The second-order valence-corrected chi connectivity index (χ2v) is 5.79. The number of nitrogens with two attached hydrogens (primary N) is 1. The minimum Gasteiger partial charge on any atom is -0.496 e. The van der Waals surface area contributed by atoms with Crippen LogP contribution in [0, 0.1) is 12.8 Å². The molecule has 112 valence electrons. The van der Waals surface area contributed by atoms with Crippen molar-refractivity contribution >= 4 is 0 Å². The van der Waals surface area contributed by atoms with Crippen molar-refractivity contribution in [2.45, 2.75) is 39.2 Å². The third-order valence-electron chi connectivity index (χ3n) is 4.58. The topological polar surface area (TPSA) is 38.5 Å². The Kier molecular flexibility index (Phi) is 5.44. The number of likely N-dealkylation sites (tertiary alicyclic amines) is 1. The summed E-state index contributed by atoms with van der Waals surface area (Å²) >= 11 is 0. The van der Waals surface area contributed by atoms with Gasteiger partial charge in [-0.2, -0.15) is 0 Å². The van der Waals surface area contributed by atoms with Gasteiger partial charge in [0.2, 0.25) is 0 Å². The van der Waals surface area contributed by atoms with E-state index in [1.807, 2.05) is 0 Å². The predicted octanol–water partition coefficient (Wildman–Crippen LogP) is 3.13. The van der Waals surface area contributed by atoms with E-state index in [1.54, 1.807) is 7.11 Å². The fraction of sp³-hybridized carbons (Fsp3) is 0.647. The molecule has 2 atom stereocenters. The molecule has 2 unspecified atom stereocenters. The van der Waals surface area contributed by atoms with Gasteiger partial charge < -0.3 is 10.5 Å². The van der Waals surface area contributed by atoms with Gasteiger partial charge in [0.25, 0.3) is 0 Å². The lowest BCUT2D eigenvalue weighted by molar-refractivity contribution is 0.166. The molecule has 1 aliphatic heterocycles. The van der Waals surface area contributed by atoms with Gasteiger partial charge in [-0.05, 0) is 62.5 Å². The van der Waals surface area contributed by atoms with Crippen LogP contribution in [-0.4, -0.2) is 31.6 Å². The lowest BCUT2D eigenvalue weighted by Crippen LogP contribution is -2.35. The number of benzene rings is 1. The van der Waals surface area contributed by atoms with Crippen LogP contribution in [0.25, 0.3) is 0 Å². The summed E-state index contributed by atoms with van der Waals surface area (Å²) in [5.74, 6) is 1.53. The Labute approximate surface area is 123 Å². The summed E-state index contributed by atoms with van der Waals surface area (Å²) < 4.78 is 5.38. The van der Waals surface area contributed by atoms with Gasteiger partial charge in [0.15, 0.2) is 0 Å². The van der Waals surface area contributed by atoms with Gasteiger partial charge in [0.1, 0.15) is 5.75 Å². The molecule has 1 heterocycles. The minimum absolute atomic E-state index is 0.456. The Balaban J connectivity index is 2.35. The average Bonchev–Trinajstić information content (AvgIpc) is 2.68. The largest absolute Gasteiger partial charge is 0.496 e. The number of nitrogens with zero attached hydrogens (tertiary/aromatic N) is 1. The molecule has 0 spiro atoms. The number of ether oxygens (including phenoxy) is 1. The molecule has 0 aliphatic carbocycles. The molecular formula is C17H28N2O. The van der Waals surface area contributed by atoms with E-state index in [2.05, 4.69) is 36.9 Å². The fourth-order valence-corrected chi connectivity index (χ4v) is 3.49. The van der Waals surface area contributed by atoms with Crippen molar-refractivity contribution < 1.29 is 4.74 Å². The Bertz CT molecular complexity index is 419. The van der Waals surface area contributed by atoms with E-state index in [9.17, 15) is 0 Å². The highest BCUT2D eigenvalue weighted by Crippen LogP contribution is 2.36. The Morgan fingerprint density at radius 1 is 1.35 bits per heavy atom. The molecule has 0 radical (unpaired) electrons. The molecule has 1 aromatic carbocycles. The lowest BCUT2D eigenvalue weighted by atomic mass is 9.88. The van der Waals surface area contributed by atoms with Crippen LogP contribution in [0.2, 0.25) is 0 Å². The molecule has 2 rings (SSSR count). The van der Waals surface area contributed by atoms with Crippen molar-refractivity contribution in [3.8, 4) is 5.75 Å². The van der Waals surface area contributed by atoms with Crippen LogP contribution >= 0.6 is 0 Å². The summed E-state index contributed by atoms with van der Waals surface area (Å²) in [4.78, 5) is 2.59. The average molecular weight is 276 g/mol. The first-order valence-corrected chi connectivity index (χ1v) is 7.79. The Morgan fingerprint density at radius 3 is 2.75 bits per heavy atom. The molecule has 20 heavy (non-hydrogen) atoms. The molecular weight excluding hydrogens is 248 g/mol. The van der Waals surface area contributed by atoms with Gasteiger partial charge in [-0.25, -0.2) is 0 Å². The van der Waals surface area contributed by atoms with Gasteiger partial charge in [0, 0.05) is 6.04 Å². The fourth-order valence-electron chi connectivity index (χ4n) is 3.49. The highest BCUT2D eigenvalue weighted by Gasteiger charge is 2.29. The summed E-state index contributed by atoms with van der Waals surface area (Å²) in [6, 6.07) is 7.04. The standard InChI is InChI=1S/C17H28N2O/c1-4-19-10-6-5-7-15(12-18)17(19)14-8-9-16(20-3)13(2)11-14/h8-9,11,15,17H,4-7,10,12,18H2,1-3H3. The SMILES string of the molecule is CCN1CCCCC(CN)C1c1ccc(OC)c(C)c1. The quantitative estimate of drug-likeness (QED) is 0.918. The molecule has 2 N–H and O–H groups in total. The van der Waals surface area contributed by atoms with Gasteiger partial charge >= 0.3 is 0 Å². The molecule has 1 aliphatic rings. The zero-order valence-electron chi connectivity index (χ0n) is 13.1. The maximum absolute atomic E-state index is 6.06. The molecule has 0 aromatic heterocycles. The van der Waals surface area contributed by atoms with E-state index < -0.39 is 0 Å². The smallest absolute Gasteiger partial charge is 0.121 e. The minimum atomic E-state index is 0.456. The van der Waals surface area contributed by atoms with Gasteiger partial charge in [-0.15, -0.1) is 0 Å². The van der Waals surface area contributed by atoms with E-state index in [1.165, 1.54) is 36.9 Å². The van der Waals surface area contributed by atoms with Gasteiger partial charge in [0.05, 0.1) is 7.11 Å². The lowest BCUT2D eigenvalue weighted by Gasteiger charge is -2.34. The number of aryl methyl sites for hydroxylation is 1. The molecule has 0 saturated carbocycles. The maximum atomic E-state index is 6.06. The molecule has 1 fully saturated rings. The second-order valence-electron chi connectivity index (χ2n) is 5.79. The monoisotopic (exact) mass is 276 g/mol. The first kappa shape index (κ1) is 15.3. The Morgan fingerprint density at radius 2 is 2.15 bits per heavy atom. The van der Waals surface area contributed by atoms with Crippen molar-refractivity contribution in [3.63, 3.8) is 0 Å². The maximum Gasteiger partial charge on any atom is 0.121 e. The van der Waals surface area contributed by atoms with Gasteiger partial charge in [-0.3, -0.25) is 4.90 Å². The number of methoxy groups -OCH3 is 1. The Hall–Kier alpha value is -1.06. The molecule has 1 aromatic rings. The van der Waals surface area contributed by atoms with Crippen LogP contribution in [0.1, 0.15) is 43.4 Å².